The fourth-order valence-corrected chi connectivity index (χ4v) is 4.78. The van der Waals surface area contributed by atoms with Crippen LogP contribution in [0.4, 0.5) is 0 Å². The van der Waals surface area contributed by atoms with E-state index in [4.69, 9.17) is 4.74 Å². The predicted octanol–water partition coefficient (Wildman–Crippen LogP) is 3.59. The summed E-state index contributed by atoms with van der Waals surface area (Å²) in [5, 5.41) is 8.76. The van der Waals surface area contributed by atoms with Gasteiger partial charge in [0.2, 0.25) is 15.9 Å². The number of rotatable bonds is 4. The number of methoxy groups -OCH3 is 1. The molecule has 0 unspecified atom stereocenters. The van der Waals surface area contributed by atoms with Gasteiger partial charge in [-0.15, -0.1) is 10.2 Å². The number of fused-ring (bicyclic) bond motifs is 3. The van der Waals surface area contributed by atoms with Gasteiger partial charge in [-0.2, -0.15) is 4.31 Å². The SMILES string of the molecule is COc1ccc2c(n1)CN(S(C)(=O)=O)Cc1nnc(-c3ccc(-c4ccccc4C)cc3)n1-2. The van der Waals surface area contributed by atoms with Gasteiger partial charge in [0.25, 0.3) is 0 Å². The van der Waals surface area contributed by atoms with E-state index < -0.39 is 10.0 Å². The van der Waals surface area contributed by atoms with Gasteiger partial charge < -0.3 is 4.74 Å². The summed E-state index contributed by atoms with van der Waals surface area (Å²) in [5.74, 6) is 1.58. The highest BCUT2D eigenvalue weighted by atomic mass is 32.2. The Morgan fingerprint density at radius 2 is 1.64 bits per heavy atom. The molecule has 0 N–H and O–H groups in total. The maximum atomic E-state index is 12.4. The molecule has 9 heteroatoms. The second-order valence-corrected chi connectivity index (χ2v) is 10.0. The van der Waals surface area contributed by atoms with Gasteiger partial charge in [0.1, 0.15) is 0 Å². The van der Waals surface area contributed by atoms with E-state index in [9.17, 15) is 8.42 Å². The summed E-state index contributed by atoms with van der Waals surface area (Å²) in [6, 6.07) is 20.0. The standard InChI is InChI=1S/C24H23N5O3S/c1-16-6-4-5-7-19(16)17-8-10-18(11-9-17)24-27-26-22-15-28(33(3,30)31)14-20-21(29(22)24)12-13-23(25-20)32-2/h4-13H,14-15H2,1-3H3. The number of benzene rings is 2. The molecule has 1 aliphatic heterocycles. The minimum absolute atomic E-state index is 0.103. The maximum absolute atomic E-state index is 12.4. The van der Waals surface area contributed by atoms with Crippen molar-refractivity contribution in [3.8, 4) is 34.1 Å². The number of hydrogen-bond acceptors (Lipinski definition) is 6. The molecule has 0 bridgehead atoms. The predicted molar refractivity (Wildman–Crippen MR) is 125 cm³/mol. The van der Waals surface area contributed by atoms with Crippen molar-refractivity contribution >= 4 is 10.0 Å². The number of ether oxygens (including phenoxy) is 1. The zero-order valence-electron chi connectivity index (χ0n) is 18.6. The van der Waals surface area contributed by atoms with E-state index in [1.165, 1.54) is 28.8 Å². The molecule has 33 heavy (non-hydrogen) atoms. The van der Waals surface area contributed by atoms with Gasteiger partial charge >= 0.3 is 0 Å². The average molecular weight is 462 g/mol. The van der Waals surface area contributed by atoms with Crippen LogP contribution in [0.2, 0.25) is 0 Å². The van der Waals surface area contributed by atoms with Crippen molar-refractivity contribution in [1.29, 1.82) is 0 Å². The molecule has 2 aromatic heterocycles. The maximum Gasteiger partial charge on any atom is 0.213 e. The van der Waals surface area contributed by atoms with E-state index in [-0.39, 0.29) is 13.1 Å². The van der Waals surface area contributed by atoms with Crippen molar-refractivity contribution < 1.29 is 13.2 Å². The number of nitrogens with zero attached hydrogens (tertiary/aromatic N) is 5. The summed E-state index contributed by atoms with van der Waals surface area (Å²) in [7, 11) is -1.95. The minimum Gasteiger partial charge on any atom is -0.481 e. The summed E-state index contributed by atoms with van der Waals surface area (Å²) in [6.45, 7) is 2.32. The summed E-state index contributed by atoms with van der Waals surface area (Å²) in [4.78, 5) is 4.53. The van der Waals surface area contributed by atoms with Crippen LogP contribution in [-0.4, -0.2) is 45.8 Å². The van der Waals surface area contributed by atoms with Crippen molar-refractivity contribution in [2.75, 3.05) is 13.4 Å². The fraction of sp³-hybridized carbons (Fsp3) is 0.208. The lowest BCUT2D eigenvalue weighted by molar-refractivity contribution is 0.381. The van der Waals surface area contributed by atoms with Crippen LogP contribution < -0.4 is 4.74 Å². The van der Waals surface area contributed by atoms with Gasteiger partial charge in [-0.25, -0.2) is 13.4 Å². The third-order valence-corrected chi connectivity index (χ3v) is 7.01. The van der Waals surface area contributed by atoms with Gasteiger partial charge in [-0.1, -0.05) is 48.5 Å². The van der Waals surface area contributed by atoms with Gasteiger partial charge in [0, 0.05) is 11.6 Å². The van der Waals surface area contributed by atoms with E-state index >= 15 is 0 Å². The number of aromatic nitrogens is 4. The van der Waals surface area contributed by atoms with Crippen LogP contribution in [0.5, 0.6) is 5.88 Å². The first-order valence-corrected chi connectivity index (χ1v) is 12.3. The summed E-state index contributed by atoms with van der Waals surface area (Å²) < 4.78 is 33.3. The van der Waals surface area contributed by atoms with E-state index in [2.05, 4.69) is 46.4 Å². The van der Waals surface area contributed by atoms with Crippen LogP contribution in [0.25, 0.3) is 28.2 Å². The number of aryl methyl sites for hydroxylation is 1. The quantitative estimate of drug-likeness (QED) is 0.461. The highest BCUT2D eigenvalue weighted by Crippen LogP contribution is 2.32. The molecular formula is C24H23N5O3S. The van der Waals surface area contributed by atoms with Crippen molar-refractivity contribution in [1.82, 2.24) is 24.1 Å². The monoisotopic (exact) mass is 461 g/mol. The van der Waals surface area contributed by atoms with Crippen LogP contribution in [0.1, 0.15) is 17.1 Å². The van der Waals surface area contributed by atoms with Crippen LogP contribution in [0.3, 0.4) is 0 Å². The molecule has 0 saturated heterocycles. The van der Waals surface area contributed by atoms with Crippen molar-refractivity contribution in [3.05, 3.63) is 77.7 Å². The molecule has 0 amide bonds. The van der Waals surface area contributed by atoms with Crippen molar-refractivity contribution in [3.63, 3.8) is 0 Å². The Balaban J connectivity index is 1.63. The lowest BCUT2D eigenvalue weighted by Gasteiger charge is -2.16. The van der Waals surface area contributed by atoms with Crippen LogP contribution in [0, 0.1) is 6.92 Å². The van der Waals surface area contributed by atoms with Crippen molar-refractivity contribution in [2.45, 2.75) is 20.0 Å². The number of pyridine rings is 1. The Kier molecular flexibility index (Phi) is 5.22. The van der Waals surface area contributed by atoms with Crippen LogP contribution in [-0.2, 0) is 23.1 Å². The molecule has 8 nitrogen and oxygen atoms in total. The second-order valence-electron chi connectivity index (χ2n) is 8.02. The van der Waals surface area contributed by atoms with E-state index in [0.717, 1.165) is 16.8 Å². The Morgan fingerprint density at radius 1 is 0.909 bits per heavy atom. The number of hydrogen-bond donors (Lipinski definition) is 0. The van der Waals surface area contributed by atoms with E-state index in [1.807, 2.05) is 34.9 Å². The Labute approximate surface area is 192 Å². The summed E-state index contributed by atoms with van der Waals surface area (Å²) >= 11 is 0. The fourth-order valence-electron chi connectivity index (χ4n) is 4.08. The zero-order chi connectivity index (χ0) is 23.2. The zero-order valence-corrected chi connectivity index (χ0v) is 19.4. The van der Waals surface area contributed by atoms with Crippen LogP contribution >= 0.6 is 0 Å². The molecule has 5 rings (SSSR count). The lowest BCUT2D eigenvalue weighted by atomic mass is 9.99. The molecule has 0 aliphatic carbocycles. The molecule has 2 aromatic carbocycles. The number of sulfonamides is 1. The van der Waals surface area contributed by atoms with Crippen molar-refractivity contribution in [2.24, 2.45) is 0 Å². The molecule has 0 fully saturated rings. The van der Waals surface area contributed by atoms with E-state index in [1.54, 1.807) is 6.07 Å². The minimum atomic E-state index is -3.48. The Bertz CT molecular complexity index is 1450. The van der Waals surface area contributed by atoms with Gasteiger partial charge in [-0.05, 0) is 29.7 Å². The Hall–Kier alpha value is -3.56. The third-order valence-electron chi connectivity index (χ3n) is 5.82. The summed E-state index contributed by atoms with van der Waals surface area (Å²) in [6.07, 6.45) is 1.18. The molecule has 168 valence electrons. The highest BCUT2D eigenvalue weighted by Gasteiger charge is 2.29. The molecule has 0 radical (unpaired) electrons. The normalized spacial score (nSPS) is 13.8. The molecule has 0 atom stereocenters. The molecule has 0 spiro atoms. The highest BCUT2D eigenvalue weighted by molar-refractivity contribution is 7.88. The smallest absolute Gasteiger partial charge is 0.213 e. The lowest BCUT2D eigenvalue weighted by Crippen LogP contribution is -2.29. The molecule has 1 aliphatic rings. The second kappa shape index (κ2) is 8.09. The molecule has 4 aromatic rings. The molecule has 0 saturated carbocycles. The first-order valence-electron chi connectivity index (χ1n) is 10.5. The summed E-state index contributed by atoms with van der Waals surface area (Å²) in [5.41, 5.74) is 5.69. The first kappa shape index (κ1) is 21.3. The molecular weight excluding hydrogens is 438 g/mol. The average Bonchev–Trinajstić information content (AvgIpc) is 3.14. The van der Waals surface area contributed by atoms with Gasteiger partial charge in [0.15, 0.2) is 11.6 Å². The van der Waals surface area contributed by atoms with Gasteiger partial charge in [0.05, 0.1) is 37.8 Å². The topological polar surface area (TPSA) is 90.2 Å². The van der Waals surface area contributed by atoms with Crippen LogP contribution in [0.15, 0.2) is 60.7 Å². The van der Waals surface area contributed by atoms with Gasteiger partial charge in [-0.3, -0.25) is 4.57 Å². The molecule has 3 heterocycles. The first-order chi connectivity index (χ1) is 15.8. The Morgan fingerprint density at radius 3 is 2.33 bits per heavy atom. The van der Waals surface area contributed by atoms with E-state index in [0.29, 0.717) is 23.2 Å². The largest absolute Gasteiger partial charge is 0.481 e. The third kappa shape index (κ3) is 3.90.